The van der Waals surface area contributed by atoms with Crippen molar-refractivity contribution in [2.45, 2.75) is 38.7 Å². The smallest absolute Gasteiger partial charge is 0.174 e. The molecule has 2 heterocycles. The van der Waals surface area contributed by atoms with Gasteiger partial charge in [0, 0.05) is 0 Å². The number of hydrogen-bond acceptors (Lipinski definition) is 3. The van der Waals surface area contributed by atoms with Crippen LogP contribution in [0.2, 0.25) is 0 Å². The van der Waals surface area contributed by atoms with E-state index in [1.807, 2.05) is 0 Å². The molecule has 3 heteroatoms. The fourth-order valence-electron chi connectivity index (χ4n) is 1.77. The van der Waals surface area contributed by atoms with E-state index in [1.54, 1.807) is 11.3 Å². The summed E-state index contributed by atoms with van der Waals surface area (Å²) in [6, 6.07) is 2.19. The van der Waals surface area contributed by atoms with Gasteiger partial charge in [-0.1, -0.05) is 13.8 Å². The van der Waals surface area contributed by atoms with Crippen molar-refractivity contribution in [2.75, 3.05) is 13.1 Å². The second kappa shape index (κ2) is 4.99. The summed E-state index contributed by atoms with van der Waals surface area (Å²) in [5, 5.41) is 6.65. The van der Waals surface area contributed by atoms with Crippen molar-refractivity contribution >= 4 is 11.3 Å². The van der Waals surface area contributed by atoms with E-state index >= 15 is 0 Å². The lowest BCUT2D eigenvalue weighted by molar-refractivity contribution is 0.167. The van der Waals surface area contributed by atoms with Crippen molar-refractivity contribution in [3.05, 3.63) is 17.0 Å². The zero-order valence-electron chi connectivity index (χ0n) is 9.45. The van der Waals surface area contributed by atoms with Crippen LogP contribution in [0.25, 0.3) is 0 Å². The van der Waals surface area contributed by atoms with Crippen LogP contribution in [0, 0.1) is 0 Å². The van der Waals surface area contributed by atoms with E-state index < -0.39 is 0 Å². The van der Waals surface area contributed by atoms with Crippen molar-refractivity contribution in [1.29, 1.82) is 0 Å². The van der Waals surface area contributed by atoms with Gasteiger partial charge in [-0.2, -0.15) is 0 Å². The monoisotopic (exact) mass is 225 g/mol. The Morgan fingerprint density at radius 3 is 2.73 bits per heavy atom. The van der Waals surface area contributed by atoms with Gasteiger partial charge >= 0.3 is 0 Å². The average Bonchev–Trinajstić information content (AvgIpc) is 2.68. The van der Waals surface area contributed by atoms with E-state index in [0.29, 0.717) is 12.0 Å². The van der Waals surface area contributed by atoms with Crippen molar-refractivity contribution in [1.82, 2.24) is 5.32 Å². The Morgan fingerprint density at radius 2 is 2.13 bits per heavy atom. The maximum atomic E-state index is 5.96. The third kappa shape index (κ3) is 2.95. The molecule has 1 aromatic heterocycles. The van der Waals surface area contributed by atoms with Gasteiger partial charge in [0.15, 0.2) is 5.06 Å². The minimum atomic E-state index is 0.421. The summed E-state index contributed by atoms with van der Waals surface area (Å²) in [5.41, 5.74) is 1.39. The summed E-state index contributed by atoms with van der Waals surface area (Å²) in [6.45, 7) is 6.62. The molecule has 0 atom stereocenters. The molecule has 0 aromatic carbocycles. The van der Waals surface area contributed by atoms with Crippen molar-refractivity contribution in [3.8, 4) is 5.06 Å². The maximum absolute atomic E-state index is 5.96. The fourth-order valence-corrected chi connectivity index (χ4v) is 2.76. The van der Waals surface area contributed by atoms with Gasteiger partial charge in [-0.05, 0) is 48.9 Å². The number of nitrogens with one attached hydrogen (secondary N) is 1. The van der Waals surface area contributed by atoms with E-state index in [2.05, 4.69) is 30.6 Å². The molecule has 1 aliphatic heterocycles. The summed E-state index contributed by atoms with van der Waals surface area (Å²) in [7, 11) is 0. The molecule has 0 amide bonds. The molecular formula is C12H19NOS. The molecule has 0 bridgehead atoms. The van der Waals surface area contributed by atoms with E-state index in [4.69, 9.17) is 4.74 Å². The lowest BCUT2D eigenvalue weighted by atomic mass is 10.1. The van der Waals surface area contributed by atoms with Crippen LogP contribution in [-0.2, 0) is 0 Å². The van der Waals surface area contributed by atoms with Crippen LogP contribution < -0.4 is 10.1 Å². The minimum Gasteiger partial charge on any atom is -0.481 e. The highest BCUT2D eigenvalue weighted by Gasteiger charge is 2.15. The Bertz CT molecular complexity index is 302. The third-order valence-corrected chi connectivity index (χ3v) is 3.67. The zero-order valence-corrected chi connectivity index (χ0v) is 10.3. The van der Waals surface area contributed by atoms with Crippen molar-refractivity contribution < 1.29 is 4.74 Å². The van der Waals surface area contributed by atoms with Crippen LogP contribution in [0.5, 0.6) is 5.06 Å². The minimum absolute atomic E-state index is 0.421. The standard InChI is InChI=1S/C12H19NOS/c1-9(2)10-7-12(15-8-10)14-11-3-5-13-6-4-11/h7-9,11,13H,3-6H2,1-2H3. The van der Waals surface area contributed by atoms with Gasteiger partial charge in [0.2, 0.25) is 0 Å². The van der Waals surface area contributed by atoms with Crippen LogP contribution in [-0.4, -0.2) is 19.2 Å². The second-order valence-corrected chi connectivity index (χ2v) is 5.29. The first-order valence-electron chi connectivity index (χ1n) is 5.71. The molecule has 0 aliphatic carbocycles. The molecule has 1 N–H and O–H groups in total. The number of piperidine rings is 1. The molecule has 0 radical (unpaired) electrons. The first-order chi connectivity index (χ1) is 7.25. The van der Waals surface area contributed by atoms with Crippen LogP contribution in [0.1, 0.15) is 38.2 Å². The summed E-state index contributed by atoms with van der Waals surface area (Å²) >= 11 is 1.73. The second-order valence-electron chi connectivity index (χ2n) is 4.42. The van der Waals surface area contributed by atoms with Gasteiger partial charge in [0.25, 0.3) is 0 Å². The molecule has 1 saturated heterocycles. The fraction of sp³-hybridized carbons (Fsp3) is 0.667. The highest BCUT2D eigenvalue weighted by atomic mass is 32.1. The van der Waals surface area contributed by atoms with Crippen LogP contribution >= 0.6 is 11.3 Å². The van der Waals surface area contributed by atoms with Crippen LogP contribution in [0.3, 0.4) is 0 Å². The molecular weight excluding hydrogens is 206 g/mol. The molecule has 1 aromatic rings. The quantitative estimate of drug-likeness (QED) is 0.854. The zero-order chi connectivity index (χ0) is 10.7. The van der Waals surface area contributed by atoms with E-state index in [-0.39, 0.29) is 0 Å². The molecule has 2 rings (SSSR count). The van der Waals surface area contributed by atoms with E-state index in [9.17, 15) is 0 Å². The molecule has 15 heavy (non-hydrogen) atoms. The Labute approximate surface area is 95.6 Å². The van der Waals surface area contributed by atoms with Gasteiger partial charge < -0.3 is 10.1 Å². The van der Waals surface area contributed by atoms with Gasteiger partial charge in [-0.25, -0.2) is 0 Å². The largest absolute Gasteiger partial charge is 0.481 e. The Balaban J connectivity index is 1.91. The number of thiophene rings is 1. The van der Waals surface area contributed by atoms with Crippen molar-refractivity contribution in [3.63, 3.8) is 0 Å². The highest BCUT2D eigenvalue weighted by molar-refractivity contribution is 7.12. The predicted molar refractivity (Wildman–Crippen MR) is 64.9 cm³/mol. The molecule has 84 valence electrons. The summed E-state index contributed by atoms with van der Waals surface area (Å²) in [6.07, 6.45) is 2.69. The lowest BCUT2D eigenvalue weighted by Crippen LogP contribution is -2.33. The van der Waals surface area contributed by atoms with Gasteiger partial charge in [0.05, 0.1) is 0 Å². The summed E-state index contributed by atoms with van der Waals surface area (Å²) < 4.78 is 5.96. The Morgan fingerprint density at radius 1 is 1.40 bits per heavy atom. The Kier molecular flexibility index (Phi) is 3.65. The lowest BCUT2D eigenvalue weighted by Gasteiger charge is -2.22. The summed E-state index contributed by atoms with van der Waals surface area (Å²) in [4.78, 5) is 0. The molecule has 1 fully saturated rings. The van der Waals surface area contributed by atoms with Crippen LogP contribution in [0.15, 0.2) is 11.4 Å². The topological polar surface area (TPSA) is 21.3 Å². The third-order valence-electron chi connectivity index (χ3n) is 2.83. The number of rotatable bonds is 3. The average molecular weight is 225 g/mol. The first-order valence-corrected chi connectivity index (χ1v) is 6.59. The number of hydrogen-bond donors (Lipinski definition) is 1. The van der Waals surface area contributed by atoms with E-state index in [0.717, 1.165) is 31.0 Å². The van der Waals surface area contributed by atoms with Gasteiger partial charge in [-0.3, -0.25) is 0 Å². The molecule has 0 spiro atoms. The van der Waals surface area contributed by atoms with E-state index in [1.165, 1.54) is 5.56 Å². The predicted octanol–water partition coefficient (Wildman–Crippen LogP) is 3.00. The molecule has 0 saturated carbocycles. The van der Waals surface area contributed by atoms with Gasteiger partial charge in [0.1, 0.15) is 6.10 Å². The molecule has 0 unspecified atom stereocenters. The normalized spacial score (nSPS) is 18.3. The number of ether oxygens (including phenoxy) is 1. The first kappa shape index (κ1) is 11.0. The van der Waals surface area contributed by atoms with Gasteiger partial charge in [-0.15, -0.1) is 11.3 Å². The Hall–Kier alpha value is -0.540. The highest BCUT2D eigenvalue weighted by Crippen LogP contribution is 2.29. The summed E-state index contributed by atoms with van der Waals surface area (Å²) in [5.74, 6) is 0.603. The van der Waals surface area contributed by atoms with Crippen molar-refractivity contribution in [2.24, 2.45) is 0 Å². The maximum Gasteiger partial charge on any atom is 0.174 e. The van der Waals surface area contributed by atoms with Crippen LogP contribution in [0.4, 0.5) is 0 Å². The molecule has 1 aliphatic rings. The molecule has 2 nitrogen and oxygen atoms in total. The SMILES string of the molecule is CC(C)c1csc(OC2CCNCC2)c1.